The Balaban J connectivity index is 2.18. The van der Waals surface area contributed by atoms with Gasteiger partial charge in [-0.1, -0.05) is 0 Å². The molecule has 1 aromatic rings. The Morgan fingerprint density at radius 1 is 1.53 bits per heavy atom. The predicted molar refractivity (Wildman–Crippen MR) is 64.0 cm³/mol. The Hall–Kier alpha value is -0.610. The highest BCUT2D eigenvalue weighted by molar-refractivity contribution is 9.10. The largest absolute Gasteiger partial charge is 0.391 e. The summed E-state index contributed by atoms with van der Waals surface area (Å²) in [4.78, 5) is 6.52. The number of halogens is 1. The summed E-state index contributed by atoms with van der Waals surface area (Å²) in [6, 6.07) is 4.13. The van der Waals surface area contributed by atoms with E-state index in [1.54, 1.807) is 6.20 Å². The van der Waals surface area contributed by atoms with Crippen molar-refractivity contribution >= 4 is 21.7 Å². The Morgan fingerprint density at radius 2 is 2.33 bits per heavy atom. The van der Waals surface area contributed by atoms with Gasteiger partial charge in [-0.3, -0.25) is 0 Å². The Bertz CT molecular complexity index is 328. The highest BCUT2D eigenvalue weighted by atomic mass is 79.9. The van der Waals surface area contributed by atoms with Crippen LogP contribution >= 0.6 is 15.9 Å². The molecule has 3 nitrogen and oxygen atoms in total. The first-order valence-electron chi connectivity index (χ1n) is 5.25. The fourth-order valence-electron chi connectivity index (χ4n) is 1.98. The van der Waals surface area contributed by atoms with E-state index >= 15 is 0 Å². The average molecular weight is 271 g/mol. The molecule has 1 aromatic heterocycles. The maximum atomic E-state index is 9.79. The zero-order valence-electron chi connectivity index (χ0n) is 8.73. The van der Waals surface area contributed by atoms with Crippen LogP contribution in [0.5, 0.6) is 0 Å². The highest BCUT2D eigenvalue weighted by Crippen LogP contribution is 2.23. The molecule has 1 fully saturated rings. The van der Waals surface area contributed by atoms with Gasteiger partial charge >= 0.3 is 0 Å². The summed E-state index contributed by atoms with van der Waals surface area (Å²) in [5, 5.41) is 9.79. The Morgan fingerprint density at radius 3 is 3.00 bits per heavy atom. The van der Waals surface area contributed by atoms with E-state index in [4.69, 9.17) is 0 Å². The van der Waals surface area contributed by atoms with Crippen molar-refractivity contribution in [1.29, 1.82) is 0 Å². The van der Waals surface area contributed by atoms with Gasteiger partial charge in [0, 0.05) is 17.2 Å². The molecule has 82 valence electrons. The molecule has 1 saturated heterocycles. The molecule has 2 heterocycles. The zero-order valence-corrected chi connectivity index (χ0v) is 10.3. The van der Waals surface area contributed by atoms with Gasteiger partial charge in [0.25, 0.3) is 0 Å². The number of piperidine rings is 1. The first kappa shape index (κ1) is 10.9. The number of aliphatic hydroxyl groups excluding tert-OH is 1. The van der Waals surface area contributed by atoms with Crippen molar-refractivity contribution < 1.29 is 5.11 Å². The third kappa shape index (κ3) is 2.32. The molecule has 1 aliphatic heterocycles. The van der Waals surface area contributed by atoms with E-state index in [1.165, 1.54) is 0 Å². The summed E-state index contributed by atoms with van der Waals surface area (Å²) in [7, 11) is 0. The number of anilines is 1. The molecule has 2 rings (SSSR count). The molecule has 2 atom stereocenters. The van der Waals surface area contributed by atoms with Gasteiger partial charge in [-0.25, -0.2) is 4.98 Å². The second-order valence-electron chi connectivity index (χ2n) is 3.98. The van der Waals surface area contributed by atoms with Crippen LogP contribution in [0.25, 0.3) is 0 Å². The molecule has 2 unspecified atom stereocenters. The van der Waals surface area contributed by atoms with Crippen molar-refractivity contribution in [3.8, 4) is 0 Å². The highest BCUT2D eigenvalue weighted by Gasteiger charge is 2.26. The molecule has 0 amide bonds. The molecule has 0 saturated carbocycles. The molecule has 0 aliphatic carbocycles. The molecule has 0 bridgehead atoms. The molecule has 0 aromatic carbocycles. The monoisotopic (exact) mass is 270 g/mol. The van der Waals surface area contributed by atoms with Crippen LogP contribution in [-0.2, 0) is 0 Å². The molecule has 0 spiro atoms. The minimum Gasteiger partial charge on any atom is -0.391 e. The van der Waals surface area contributed by atoms with Crippen LogP contribution in [0.2, 0.25) is 0 Å². The van der Waals surface area contributed by atoms with Crippen molar-refractivity contribution in [2.45, 2.75) is 31.9 Å². The summed E-state index contributed by atoms with van der Waals surface area (Å²) in [5.74, 6) is 0.949. The van der Waals surface area contributed by atoms with E-state index in [1.807, 2.05) is 19.1 Å². The molecular weight excluding hydrogens is 256 g/mol. The minimum absolute atomic E-state index is 0.160. The number of aromatic nitrogens is 1. The Labute approximate surface area is 98.3 Å². The smallest absolute Gasteiger partial charge is 0.128 e. The van der Waals surface area contributed by atoms with Gasteiger partial charge in [-0.15, -0.1) is 0 Å². The fourth-order valence-corrected chi connectivity index (χ4v) is 2.22. The molecular formula is C11H15BrN2O. The van der Waals surface area contributed by atoms with E-state index in [0.29, 0.717) is 0 Å². The topological polar surface area (TPSA) is 36.4 Å². The van der Waals surface area contributed by atoms with Crippen LogP contribution in [0.3, 0.4) is 0 Å². The minimum atomic E-state index is -0.232. The van der Waals surface area contributed by atoms with Gasteiger partial charge in [0.2, 0.25) is 0 Å². The van der Waals surface area contributed by atoms with E-state index in [9.17, 15) is 5.11 Å². The molecule has 1 aliphatic rings. The maximum absolute atomic E-state index is 9.79. The summed E-state index contributed by atoms with van der Waals surface area (Å²) in [6.07, 6.45) is 3.49. The number of aliphatic hydroxyl groups is 1. The maximum Gasteiger partial charge on any atom is 0.128 e. The van der Waals surface area contributed by atoms with Crippen LogP contribution in [0.4, 0.5) is 5.82 Å². The second-order valence-corrected chi connectivity index (χ2v) is 4.89. The first-order valence-corrected chi connectivity index (χ1v) is 6.04. The van der Waals surface area contributed by atoms with E-state index < -0.39 is 0 Å². The zero-order chi connectivity index (χ0) is 10.8. The summed E-state index contributed by atoms with van der Waals surface area (Å²) < 4.78 is 0.983. The van der Waals surface area contributed by atoms with Crippen LogP contribution < -0.4 is 4.90 Å². The standard InChI is InChI=1S/C11H15BrN2O/c1-8-10(15)3-2-6-14(8)11-5-4-9(12)7-13-11/h4-5,7-8,10,15H,2-3,6H2,1H3. The van der Waals surface area contributed by atoms with Gasteiger partial charge in [0.05, 0.1) is 12.1 Å². The fraction of sp³-hybridized carbons (Fsp3) is 0.545. The van der Waals surface area contributed by atoms with Gasteiger partial charge in [-0.05, 0) is 47.8 Å². The summed E-state index contributed by atoms with van der Waals surface area (Å²) in [5.41, 5.74) is 0. The number of rotatable bonds is 1. The third-order valence-electron chi connectivity index (χ3n) is 2.95. The number of pyridine rings is 1. The van der Waals surface area contributed by atoms with Crippen molar-refractivity contribution in [3.63, 3.8) is 0 Å². The van der Waals surface area contributed by atoms with Crippen molar-refractivity contribution in [1.82, 2.24) is 4.98 Å². The van der Waals surface area contributed by atoms with Gasteiger partial charge in [0.15, 0.2) is 0 Å². The molecule has 15 heavy (non-hydrogen) atoms. The van der Waals surface area contributed by atoms with Gasteiger partial charge in [0.1, 0.15) is 5.82 Å². The second kappa shape index (κ2) is 4.49. The normalized spacial score (nSPS) is 26.7. The third-order valence-corrected chi connectivity index (χ3v) is 3.42. The van der Waals surface area contributed by atoms with Gasteiger partial charge < -0.3 is 10.0 Å². The van der Waals surface area contributed by atoms with Crippen LogP contribution in [0, 0.1) is 0 Å². The predicted octanol–water partition coefficient (Wildman–Crippen LogP) is 2.19. The van der Waals surface area contributed by atoms with Crippen LogP contribution in [-0.4, -0.2) is 28.8 Å². The van der Waals surface area contributed by atoms with Crippen LogP contribution in [0.15, 0.2) is 22.8 Å². The number of hydrogen-bond donors (Lipinski definition) is 1. The van der Waals surface area contributed by atoms with E-state index in [2.05, 4.69) is 25.8 Å². The molecule has 4 heteroatoms. The quantitative estimate of drug-likeness (QED) is 0.850. The molecule has 0 radical (unpaired) electrons. The summed E-state index contributed by atoms with van der Waals surface area (Å²) >= 11 is 3.37. The van der Waals surface area contributed by atoms with E-state index in [-0.39, 0.29) is 12.1 Å². The van der Waals surface area contributed by atoms with Crippen LogP contribution in [0.1, 0.15) is 19.8 Å². The lowest BCUT2D eigenvalue weighted by Gasteiger charge is -2.37. The van der Waals surface area contributed by atoms with Crippen molar-refractivity contribution in [2.24, 2.45) is 0 Å². The Kier molecular flexibility index (Phi) is 3.26. The summed E-state index contributed by atoms with van der Waals surface area (Å²) in [6.45, 7) is 3.03. The lowest BCUT2D eigenvalue weighted by molar-refractivity contribution is 0.119. The molecule has 1 N–H and O–H groups in total. The lowest BCUT2D eigenvalue weighted by atomic mass is 10.0. The SMILES string of the molecule is CC1C(O)CCCN1c1ccc(Br)cn1. The lowest BCUT2D eigenvalue weighted by Crippen LogP contribution is -2.46. The first-order chi connectivity index (χ1) is 7.18. The van der Waals surface area contributed by atoms with Crippen molar-refractivity contribution in [2.75, 3.05) is 11.4 Å². The number of hydrogen-bond acceptors (Lipinski definition) is 3. The van der Waals surface area contributed by atoms with Crippen molar-refractivity contribution in [3.05, 3.63) is 22.8 Å². The number of nitrogens with zero attached hydrogens (tertiary/aromatic N) is 2. The van der Waals surface area contributed by atoms with Gasteiger partial charge in [-0.2, -0.15) is 0 Å². The average Bonchev–Trinajstić information content (AvgIpc) is 2.24. The van der Waals surface area contributed by atoms with E-state index in [0.717, 1.165) is 29.7 Å².